The molecule has 0 unspecified atom stereocenters. The van der Waals surface area contributed by atoms with E-state index in [-0.39, 0.29) is 16.2 Å². The van der Waals surface area contributed by atoms with Crippen LogP contribution in [0.4, 0.5) is 5.82 Å². The van der Waals surface area contributed by atoms with Crippen LogP contribution in [-0.2, 0) is 9.84 Å². The lowest BCUT2D eigenvalue weighted by molar-refractivity contribution is 0.425. The van der Waals surface area contributed by atoms with E-state index in [2.05, 4.69) is 4.98 Å². The van der Waals surface area contributed by atoms with Gasteiger partial charge in [0.2, 0.25) is 0 Å². The molecule has 1 aromatic heterocycles. The molecule has 1 aromatic carbocycles. The van der Waals surface area contributed by atoms with Crippen LogP contribution in [0.5, 0.6) is 0 Å². The van der Waals surface area contributed by atoms with Gasteiger partial charge in [-0.05, 0) is 23.8 Å². The smallest absolute Gasteiger partial charge is 0.423 e. The molecule has 0 saturated carbocycles. The first-order valence-electron chi connectivity index (χ1n) is 5.71. The lowest BCUT2D eigenvalue weighted by Gasteiger charge is -2.09. The summed E-state index contributed by atoms with van der Waals surface area (Å²) >= 11 is 0. The minimum Gasteiger partial charge on any atom is -0.423 e. The van der Waals surface area contributed by atoms with Crippen molar-refractivity contribution in [2.45, 2.75) is 4.90 Å². The first kappa shape index (κ1) is 14.5. The van der Waals surface area contributed by atoms with E-state index in [0.717, 1.165) is 6.26 Å². The van der Waals surface area contributed by atoms with Crippen molar-refractivity contribution >= 4 is 28.2 Å². The van der Waals surface area contributed by atoms with E-state index in [9.17, 15) is 8.42 Å². The van der Waals surface area contributed by atoms with Crippen LogP contribution in [0.15, 0.2) is 41.4 Å². The molecule has 20 heavy (non-hydrogen) atoms. The second-order valence-corrected chi connectivity index (χ2v) is 6.39. The van der Waals surface area contributed by atoms with E-state index < -0.39 is 17.0 Å². The van der Waals surface area contributed by atoms with Gasteiger partial charge in [-0.3, -0.25) is 0 Å². The maximum absolute atomic E-state index is 11.5. The van der Waals surface area contributed by atoms with E-state index >= 15 is 0 Å². The molecule has 4 N–H and O–H groups in total. The molecule has 0 spiro atoms. The van der Waals surface area contributed by atoms with Crippen molar-refractivity contribution < 1.29 is 18.5 Å². The summed E-state index contributed by atoms with van der Waals surface area (Å²) in [4.78, 5) is 4.03. The number of nitrogen functional groups attached to an aromatic ring is 1. The number of nitrogens with zero attached hydrogens (tertiary/aromatic N) is 1. The van der Waals surface area contributed by atoms with Crippen LogP contribution in [0.1, 0.15) is 0 Å². The van der Waals surface area contributed by atoms with Crippen molar-refractivity contribution in [1.29, 1.82) is 0 Å². The van der Waals surface area contributed by atoms with Gasteiger partial charge in [0.25, 0.3) is 0 Å². The molecule has 1 heterocycles. The summed E-state index contributed by atoms with van der Waals surface area (Å²) in [6, 6.07) is 7.68. The average molecular weight is 292 g/mol. The Labute approximate surface area is 117 Å². The summed E-state index contributed by atoms with van der Waals surface area (Å²) in [5.74, 6) is 0.181. The zero-order valence-electron chi connectivity index (χ0n) is 10.7. The van der Waals surface area contributed by atoms with Crippen LogP contribution in [0.3, 0.4) is 0 Å². The Morgan fingerprint density at radius 3 is 2.55 bits per heavy atom. The molecular formula is C12H13BN2O4S. The zero-order chi connectivity index (χ0) is 14.9. The summed E-state index contributed by atoms with van der Waals surface area (Å²) in [6.07, 6.45) is 2.37. The van der Waals surface area contributed by atoms with Gasteiger partial charge in [-0.1, -0.05) is 12.1 Å². The normalized spacial score (nSPS) is 11.3. The predicted octanol–water partition coefficient (Wildman–Crippen LogP) is -0.586. The van der Waals surface area contributed by atoms with E-state index in [1.807, 2.05) is 0 Å². The summed E-state index contributed by atoms with van der Waals surface area (Å²) in [6.45, 7) is 0. The minimum absolute atomic E-state index is 0.157. The number of nitrogens with two attached hydrogens (primary N) is 1. The van der Waals surface area contributed by atoms with Crippen LogP contribution < -0.4 is 11.2 Å². The highest BCUT2D eigenvalue weighted by molar-refractivity contribution is 7.90. The van der Waals surface area contributed by atoms with E-state index in [1.165, 1.54) is 24.4 Å². The van der Waals surface area contributed by atoms with E-state index in [0.29, 0.717) is 11.1 Å². The molecule has 0 atom stereocenters. The van der Waals surface area contributed by atoms with Crippen molar-refractivity contribution in [3.8, 4) is 11.1 Å². The summed E-state index contributed by atoms with van der Waals surface area (Å²) in [5, 5.41) is 18.3. The minimum atomic E-state index is -3.33. The number of pyridine rings is 1. The van der Waals surface area contributed by atoms with Crippen LogP contribution in [0.25, 0.3) is 11.1 Å². The molecule has 0 saturated heterocycles. The number of hydrogen-bond donors (Lipinski definition) is 3. The van der Waals surface area contributed by atoms with Gasteiger partial charge < -0.3 is 15.8 Å². The fraction of sp³-hybridized carbons (Fsp3) is 0.0833. The van der Waals surface area contributed by atoms with Crippen LogP contribution in [0, 0.1) is 0 Å². The Balaban J connectivity index is 2.60. The van der Waals surface area contributed by atoms with Gasteiger partial charge in [0.15, 0.2) is 9.84 Å². The van der Waals surface area contributed by atoms with E-state index in [1.54, 1.807) is 12.1 Å². The van der Waals surface area contributed by atoms with Gasteiger partial charge >= 0.3 is 7.12 Å². The van der Waals surface area contributed by atoms with Gasteiger partial charge in [0.05, 0.1) is 4.90 Å². The quantitative estimate of drug-likeness (QED) is 0.652. The molecule has 0 bridgehead atoms. The Kier molecular flexibility index (Phi) is 3.80. The van der Waals surface area contributed by atoms with Crippen LogP contribution in [0.2, 0.25) is 0 Å². The van der Waals surface area contributed by atoms with E-state index in [4.69, 9.17) is 15.8 Å². The third kappa shape index (κ3) is 2.98. The lowest BCUT2D eigenvalue weighted by Crippen LogP contribution is -2.30. The molecule has 6 nitrogen and oxygen atoms in total. The van der Waals surface area contributed by atoms with Gasteiger partial charge in [0.1, 0.15) is 5.82 Å². The maximum Gasteiger partial charge on any atom is 0.490 e. The number of sulfone groups is 1. The summed E-state index contributed by atoms with van der Waals surface area (Å²) in [5.41, 5.74) is 6.92. The number of hydrogen-bond acceptors (Lipinski definition) is 6. The molecule has 0 radical (unpaired) electrons. The zero-order valence-corrected chi connectivity index (χ0v) is 11.5. The molecule has 0 aliphatic rings. The van der Waals surface area contributed by atoms with Crippen LogP contribution >= 0.6 is 0 Å². The van der Waals surface area contributed by atoms with Crippen molar-refractivity contribution in [1.82, 2.24) is 4.98 Å². The largest absolute Gasteiger partial charge is 0.490 e. The molecule has 8 heteroatoms. The standard InChI is InChI=1S/C12H13BN2O4S/c1-20(18,19)10-4-2-3-8(5-10)11-6-9(13(16)17)7-15-12(11)14/h2-7,16-17H,1H3,(H2,14,15). The number of aromatic nitrogens is 1. The fourth-order valence-electron chi connectivity index (χ4n) is 1.76. The Morgan fingerprint density at radius 1 is 1.25 bits per heavy atom. The third-order valence-corrected chi connectivity index (χ3v) is 3.92. The average Bonchev–Trinajstić information content (AvgIpc) is 2.38. The van der Waals surface area contributed by atoms with Gasteiger partial charge in [-0.15, -0.1) is 0 Å². The third-order valence-electron chi connectivity index (χ3n) is 2.81. The molecule has 2 aromatic rings. The molecule has 0 fully saturated rings. The summed E-state index contributed by atoms with van der Waals surface area (Å²) in [7, 11) is -5.00. The SMILES string of the molecule is CS(=O)(=O)c1cccc(-c2cc(B(O)O)cnc2N)c1. The molecule has 2 rings (SSSR count). The molecule has 104 valence electrons. The van der Waals surface area contributed by atoms with Crippen LogP contribution in [-0.4, -0.2) is 36.8 Å². The van der Waals surface area contributed by atoms with Gasteiger partial charge in [0, 0.05) is 23.5 Å². The highest BCUT2D eigenvalue weighted by atomic mass is 32.2. The molecule has 0 aliphatic heterocycles. The maximum atomic E-state index is 11.5. The molecule has 0 amide bonds. The summed E-state index contributed by atoms with van der Waals surface area (Å²) < 4.78 is 23.1. The topological polar surface area (TPSA) is 114 Å². The first-order chi connectivity index (χ1) is 9.29. The van der Waals surface area contributed by atoms with Crippen molar-refractivity contribution in [2.75, 3.05) is 12.0 Å². The Bertz CT molecular complexity index is 747. The monoisotopic (exact) mass is 292 g/mol. The van der Waals surface area contributed by atoms with Crippen molar-refractivity contribution in [2.24, 2.45) is 0 Å². The second-order valence-electron chi connectivity index (χ2n) is 4.38. The van der Waals surface area contributed by atoms with Crippen molar-refractivity contribution in [3.05, 3.63) is 36.5 Å². The fourth-order valence-corrected chi connectivity index (χ4v) is 2.42. The lowest BCUT2D eigenvalue weighted by atomic mass is 9.80. The highest BCUT2D eigenvalue weighted by Gasteiger charge is 2.15. The Morgan fingerprint density at radius 2 is 1.95 bits per heavy atom. The highest BCUT2D eigenvalue weighted by Crippen LogP contribution is 2.25. The van der Waals surface area contributed by atoms with Gasteiger partial charge in [-0.2, -0.15) is 0 Å². The number of benzene rings is 1. The van der Waals surface area contributed by atoms with Crippen molar-refractivity contribution in [3.63, 3.8) is 0 Å². The first-order valence-corrected chi connectivity index (χ1v) is 7.60. The van der Waals surface area contributed by atoms with Gasteiger partial charge in [-0.25, -0.2) is 13.4 Å². The predicted molar refractivity (Wildman–Crippen MR) is 77.0 cm³/mol. The number of anilines is 1. The second kappa shape index (κ2) is 5.24. The molecular weight excluding hydrogens is 279 g/mol. The molecule has 0 aliphatic carbocycles. The number of rotatable bonds is 3. The Hall–Kier alpha value is -1.90.